The molecule has 0 radical (unpaired) electrons. The van der Waals surface area contributed by atoms with E-state index in [0.29, 0.717) is 6.54 Å². The second-order valence-electron chi connectivity index (χ2n) is 2.77. The molecule has 1 aromatic rings. The van der Waals surface area contributed by atoms with E-state index in [-0.39, 0.29) is 4.66 Å². The fourth-order valence-corrected chi connectivity index (χ4v) is 1.96. The van der Waals surface area contributed by atoms with E-state index in [1.54, 1.807) is 12.5 Å². The van der Waals surface area contributed by atoms with E-state index in [0.717, 1.165) is 13.0 Å². The molecule has 0 atom stereocenters. The predicted octanol–water partition coefficient (Wildman–Crippen LogP) is 0.545. The van der Waals surface area contributed by atoms with Crippen molar-refractivity contribution in [2.24, 2.45) is 0 Å². The van der Waals surface area contributed by atoms with Crippen LogP contribution in [0.4, 0.5) is 0 Å². The van der Waals surface area contributed by atoms with Crippen molar-refractivity contribution in [3.8, 4) is 0 Å². The minimum Gasteiger partial charge on any atom is -0.337 e. The molecule has 0 bridgehead atoms. The largest absolute Gasteiger partial charge is 0.337 e. The van der Waals surface area contributed by atoms with Gasteiger partial charge in [0.1, 0.15) is 4.66 Å². The van der Waals surface area contributed by atoms with Crippen LogP contribution in [0.1, 0.15) is 6.42 Å². The Morgan fingerprint density at radius 2 is 2.29 bits per heavy atom. The molecule has 0 amide bonds. The number of hydrogen-bond donors (Lipinski definition) is 1. The lowest BCUT2D eigenvalue weighted by molar-refractivity contribution is 0.574. The monoisotopic (exact) mass is 281 g/mol. The van der Waals surface area contributed by atoms with Crippen LogP contribution in [0.25, 0.3) is 0 Å². The zero-order valence-electron chi connectivity index (χ0n) is 7.56. The summed E-state index contributed by atoms with van der Waals surface area (Å²) in [6.45, 7) is 1.22. The van der Waals surface area contributed by atoms with Crippen molar-refractivity contribution < 1.29 is 8.42 Å². The first kappa shape index (κ1) is 11.7. The Morgan fingerprint density at radius 1 is 1.50 bits per heavy atom. The first-order valence-corrected chi connectivity index (χ1v) is 6.90. The van der Waals surface area contributed by atoms with Gasteiger partial charge in [-0.05, 0) is 6.42 Å². The van der Waals surface area contributed by atoms with Crippen LogP contribution in [0.3, 0.4) is 0 Å². The second-order valence-corrected chi connectivity index (χ2v) is 5.88. The number of aryl methyl sites for hydroxylation is 1. The van der Waals surface area contributed by atoms with Crippen LogP contribution in [0.15, 0.2) is 18.7 Å². The molecule has 0 aliphatic heterocycles. The maximum absolute atomic E-state index is 11.0. The molecule has 80 valence electrons. The van der Waals surface area contributed by atoms with Crippen molar-refractivity contribution >= 4 is 26.0 Å². The first-order chi connectivity index (χ1) is 6.64. The van der Waals surface area contributed by atoms with Gasteiger partial charge in [-0.25, -0.2) is 18.1 Å². The summed E-state index contributed by atoms with van der Waals surface area (Å²) in [5.74, 6) is 0. The van der Waals surface area contributed by atoms with Crippen molar-refractivity contribution in [3.63, 3.8) is 0 Å². The summed E-state index contributed by atoms with van der Waals surface area (Å²) in [5, 5.41) is 0. The van der Waals surface area contributed by atoms with Crippen molar-refractivity contribution in [1.29, 1.82) is 0 Å². The molecule has 1 heterocycles. The summed E-state index contributed by atoms with van der Waals surface area (Å²) in [5.41, 5.74) is 0. The smallest absolute Gasteiger partial charge is 0.221 e. The number of hydrogen-bond acceptors (Lipinski definition) is 3. The molecule has 1 rings (SSSR count). The first-order valence-electron chi connectivity index (χ1n) is 4.13. The van der Waals surface area contributed by atoms with Crippen LogP contribution < -0.4 is 4.72 Å². The Labute approximate surface area is 91.7 Å². The zero-order valence-corrected chi connectivity index (χ0v) is 9.96. The van der Waals surface area contributed by atoms with Gasteiger partial charge in [0, 0.05) is 25.5 Å². The van der Waals surface area contributed by atoms with E-state index < -0.39 is 10.0 Å². The lowest BCUT2D eigenvalue weighted by Gasteiger charge is -2.03. The van der Waals surface area contributed by atoms with E-state index in [9.17, 15) is 8.42 Å². The summed E-state index contributed by atoms with van der Waals surface area (Å²) in [6.07, 6.45) is 6.00. The van der Waals surface area contributed by atoms with Gasteiger partial charge in [-0.15, -0.1) is 0 Å². The number of aromatic nitrogens is 2. The molecule has 0 aromatic carbocycles. The average molecular weight is 282 g/mol. The van der Waals surface area contributed by atoms with Gasteiger partial charge in [-0.3, -0.25) is 0 Å². The average Bonchev–Trinajstić information content (AvgIpc) is 2.65. The number of rotatable bonds is 6. The van der Waals surface area contributed by atoms with Gasteiger partial charge in [0.2, 0.25) is 10.0 Å². The van der Waals surface area contributed by atoms with Crippen LogP contribution in [0.5, 0.6) is 0 Å². The van der Waals surface area contributed by atoms with Crippen LogP contribution >= 0.6 is 15.9 Å². The molecule has 0 fully saturated rings. The molecule has 0 saturated heterocycles. The van der Waals surface area contributed by atoms with Crippen LogP contribution in [-0.4, -0.2) is 29.2 Å². The van der Waals surface area contributed by atoms with Crippen molar-refractivity contribution in [2.45, 2.75) is 13.0 Å². The topological polar surface area (TPSA) is 64.0 Å². The molecule has 7 heteroatoms. The molecule has 0 spiro atoms. The van der Waals surface area contributed by atoms with E-state index >= 15 is 0 Å². The number of imidazole rings is 1. The van der Waals surface area contributed by atoms with E-state index in [4.69, 9.17) is 0 Å². The number of halogens is 1. The standard InChI is InChI=1S/C7H12BrN3O2S/c8-6-14(12,13)10-2-1-4-11-5-3-9-7-11/h3,5,7,10H,1-2,4,6H2. The maximum atomic E-state index is 11.0. The highest BCUT2D eigenvalue weighted by Crippen LogP contribution is 1.93. The highest BCUT2D eigenvalue weighted by Gasteiger charge is 2.05. The Bertz CT molecular complexity index is 349. The van der Waals surface area contributed by atoms with Gasteiger partial charge in [-0.1, -0.05) is 15.9 Å². The predicted molar refractivity (Wildman–Crippen MR) is 57.6 cm³/mol. The van der Waals surface area contributed by atoms with Gasteiger partial charge in [0.25, 0.3) is 0 Å². The SMILES string of the molecule is O=S(=O)(CBr)NCCCn1ccnc1. The number of sulfonamides is 1. The van der Waals surface area contributed by atoms with Gasteiger partial charge in [0.05, 0.1) is 6.33 Å². The lowest BCUT2D eigenvalue weighted by atomic mass is 10.4. The molecule has 14 heavy (non-hydrogen) atoms. The quantitative estimate of drug-likeness (QED) is 0.612. The fourth-order valence-electron chi connectivity index (χ4n) is 0.947. The molecule has 0 aliphatic carbocycles. The third-order valence-electron chi connectivity index (χ3n) is 1.62. The summed E-state index contributed by atoms with van der Waals surface area (Å²) in [4.78, 5) is 3.88. The summed E-state index contributed by atoms with van der Waals surface area (Å²) in [7, 11) is -3.12. The number of nitrogens with one attached hydrogen (secondary N) is 1. The third kappa shape index (κ3) is 4.21. The van der Waals surface area contributed by atoms with Crippen LogP contribution in [0, 0.1) is 0 Å². The number of alkyl halides is 1. The highest BCUT2D eigenvalue weighted by atomic mass is 79.9. The summed E-state index contributed by atoms with van der Waals surface area (Å²) >= 11 is 2.90. The minimum absolute atomic E-state index is 0.0505. The van der Waals surface area contributed by atoms with Crippen molar-refractivity contribution in [1.82, 2.24) is 14.3 Å². The molecular formula is C7H12BrN3O2S. The van der Waals surface area contributed by atoms with Gasteiger partial charge in [-0.2, -0.15) is 0 Å². The summed E-state index contributed by atoms with van der Waals surface area (Å²) in [6, 6.07) is 0. The van der Waals surface area contributed by atoms with E-state index in [1.807, 2.05) is 10.8 Å². The molecule has 1 N–H and O–H groups in total. The van der Waals surface area contributed by atoms with Crippen molar-refractivity contribution in [2.75, 3.05) is 11.2 Å². The Morgan fingerprint density at radius 3 is 2.86 bits per heavy atom. The van der Waals surface area contributed by atoms with Crippen molar-refractivity contribution in [3.05, 3.63) is 18.7 Å². The Hall–Kier alpha value is -0.400. The zero-order chi connectivity index (χ0) is 10.4. The molecule has 5 nitrogen and oxygen atoms in total. The normalized spacial score (nSPS) is 11.8. The lowest BCUT2D eigenvalue weighted by Crippen LogP contribution is -2.25. The fraction of sp³-hybridized carbons (Fsp3) is 0.571. The molecule has 1 aromatic heterocycles. The van der Waals surface area contributed by atoms with E-state index in [2.05, 4.69) is 25.6 Å². The Balaban J connectivity index is 2.17. The Kier molecular flexibility index (Phi) is 4.56. The molecule has 0 saturated carbocycles. The maximum Gasteiger partial charge on any atom is 0.221 e. The van der Waals surface area contributed by atoms with Gasteiger partial charge in [0.15, 0.2) is 0 Å². The summed E-state index contributed by atoms with van der Waals surface area (Å²) < 4.78 is 26.3. The van der Waals surface area contributed by atoms with Crippen LogP contribution in [0.2, 0.25) is 0 Å². The van der Waals surface area contributed by atoms with E-state index in [1.165, 1.54) is 0 Å². The molecule has 0 unspecified atom stereocenters. The minimum atomic E-state index is -3.12. The second kappa shape index (κ2) is 5.47. The number of nitrogens with zero attached hydrogens (tertiary/aromatic N) is 2. The van der Waals surface area contributed by atoms with Crippen LogP contribution in [-0.2, 0) is 16.6 Å². The third-order valence-corrected chi connectivity index (χ3v) is 4.36. The molecule has 0 aliphatic rings. The van der Waals surface area contributed by atoms with Gasteiger partial charge < -0.3 is 4.57 Å². The highest BCUT2D eigenvalue weighted by molar-refractivity contribution is 9.10. The van der Waals surface area contributed by atoms with Gasteiger partial charge >= 0.3 is 0 Å². The molecular weight excluding hydrogens is 270 g/mol.